The third-order valence-corrected chi connectivity index (χ3v) is 3.67. The highest BCUT2D eigenvalue weighted by Gasteiger charge is 2.40. The molecule has 2 aromatic rings. The van der Waals surface area contributed by atoms with Crippen LogP contribution in [0.15, 0.2) is 36.7 Å². The highest BCUT2D eigenvalue weighted by molar-refractivity contribution is 5.33. The first-order valence-corrected chi connectivity index (χ1v) is 6.13. The van der Waals surface area contributed by atoms with Gasteiger partial charge in [0.1, 0.15) is 5.82 Å². The quantitative estimate of drug-likeness (QED) is 0.891. The number of hydrogen-bond acceptors (Lipinski definition) is 2. The molecule has 1 aromatic heterocycles. The largest absolute Gasteiger partial charge is 0.315 e. The molecule has 3 rings (SSSR count). The maximum Gasteiger partial charge on any atom is 0.127 e. The van der Waals surface area contributed by atoms with Gasteiger partial charge in [0.2, 0.25) is 0 Å². The van der Waals surface area contributed by atoms with Crippen molar-refractivity contribution in [2.24, 2.45) is 7.05 Å². The molecule has 1 fully saturated rings. The van der Waals surface area contributed by atoms with E-state index in [1.54, 1.807) is 16.8 Å². The highest BCUT2D eigenvalue weighted by atomic mass is 19.1. The minimum Gasteiger partial charge on any atom is -0.315 e. The number of hydrogen-bond donors (Lipinski definition) is 1. The number of aromatic nitrogens is 2. The van der Waals surface area contributed by atoms with Crippen molar-refractivity contribution in [3.8, 4) is 0 Å². The Kier molecular flexibility index (Phi) is 2.67. The molecule has 18 heavy (non-hydrogen) atoms. The summed E-state index contributed by atoms with van der Waals surface area (Å²) < 4.78 is 15.8. The number of nitrogens with zero attached hydrogens (tertiary/aromatic N) is 2. The molecule has 0 saturated carbocycles. The van der Waals surface area contributed by atoms with E-state index in [1.165, 1.54) is 0 Å². The molecule has 4 heteroatoms. The maximum absolute atomic E-state index is 14.0. The maximum atomic E-state index is 14.0. The molecule has 1 saturated heterocycles. The lowest BCUT2D eigenvalue weighted by atomic mass is 9.71. The molecule has 0 atom stereocenters. The minimum absolute atomic E-state index is 0.108. The first-order valence-electron chi connectivity index (χ1n) is 6.13. The van der Waals surface area contributed by atoms with Gasteiger partial charge in [-0.3, -0.25) is 4.68 Å². The zero-order valence-corrected chi connectivity index (χ0v) is 10.4. The normalized spacial score (nSPS) is 17.4. The Bertz CT molecular complexity index is 558. The second kappa shape index (κ2) is 4.21. The summed E-state index contributed by atoms with van der Waals surface area (Å²) in [7, 11) is 1.90. The number of benzene rings is 1. The summed E-state index contributed by atoms with van der Waals surface area (Å²) in [6.07, 6.45) is 4.69. The van der Waals surface area contributed by atoms with Crippen molar-refractivity contribution in [2.75, 3.05) is 13.1 Å². The third kappa shape index (κ3) is 1.82. The van der Waals surface area contributed by atoms with Crippen molar-refractivity contribution < 1.29 is 4.39 Å². The summed E-state index contributed by atoms with van der Waals surface area (Å²) >= 11 is 0. The van der Waals surface area contributed by atoms with Gasteiger partial charge in [0.15, 0.2) is 0 Å². The molecule has 3 nitrogen and oxygen atoms in total. The van der Waals surface area contributed by atoms with Gasteiger partial charge in [-0.2, -0.15) is 5.10 Å². The molecule has 1 aromatic carbocycles. The van der Waals surface area contributed by atoms with E-state index in [-0.39, 0.29) is 11.2 Å². The van der Waals surface area contributed by atoms with Crippen LogP contribution < -0.4 is 5.32 Å². The van der Waals surface area contributed by atoms with E-state index in [2.05, 4.69) is 10.4 Å². The Labute approximate surface area is 106 Å². The third-order valence-electron chi connectivity index (χ3n) is 3.67. The van der Waals surface area contributed by atoms with E-state index in [0.717, 1.165) is 30.6 Å². The summed E-state index contributed by atoms with van der Waals surface area (Å²) in [5.74, 6) is -0.108. The van der Waals surface area contributed by atoms with Gasteiger partial charge < -0.3 is 5.32 Å². The smallest absolute Gasteiger partial charge is 0.127 e. The average Bonchev–Trinajstić information content (AvgIpc) is 2.71. The number of rotatable bonds is 3. The lowest BCUT2D eigenvalue weighted by molar-refractivity contribution is 0.266. The molecule has 0 bridgehead atoms. The van der Waals surface area contributed by atoms with Crippen molar-refractivity contribution in [2.45, 2.75) is 11.8 Å². The molecule has 0 spiro atoms. The van der Waals surface area contributed by atoms with Gasteiger partial charge >= 0.3 is 0 Å². The van der Waals surface area contributed by atoms with Gasteiger partial charge in [-0.1, -0.05) is 18.2 Å². The zero-order chi connectivity index (χ0) is 12.6. The molecule has 1 aliphatic rings. The van der Waals surface area contributed by atoms with Crippen LogP contribution >= 0.6 is 0 Å². The zero-order valence-electron chi connectivity index (χ0n) is 10.4. The van der Waals surface area contributed by atoms with E-state index < -0.39 is 0 Å². The van der Waals surface area contributed by atoms with Crippen LogP contribution in [0.2, 0.25) is 0 Å². The van der Waals surface area contributed by atoms with E-state index >= 15 is 0 Å². The summed E-state index contributed by atoms with van der Waals surface area (Å²) in [4.78, 5) is 0. The molecule has 0 aliphatic carbocycles. The van der Waals surface area contributed by atoms with Crippen LogP contribution in [0.3, 0.4) is 0 Å². The van der Waals surface area contributed by atoms with Gasteiger partial charge in [-0.05, 0) is 23.6 Å². The Morgan fingerprint density at radius 3 is 2.72 bits per heavy atom. The summed E-state index contributed by atoms with van der Waals surface area (Å²) in [6, 6.07) is 7.08. The van der Waals surface area contributed by atoms with Crippen molar-refractivity contribution in [1.29, 1.82) is 0 Å². The summed E-state index contributed by atoms with van der Waals surface area (Å²) in [5, 5.41) is 7.44. The topological polar surface area (TPSA) is 29.9 Å². The second-order valence-electron chi connectivity index (χ2n) is 5.06. The fraction of sp³-hybridized carbons (Fsp3) is 0.357. The SMILES string of the molecule is Cn1cc(CC2(c3ccccc3F)CNC2)cn1. The van der Waals surface area contributed by atoms with E-state index in [1.807, 2.05) is 31.6 Å². The highest BCUT2D eigenvalue weighted by Crippen LogP contribution is 2.33. The molecule has 0 radical (unpaired) electrons. The van der Waals surface area contributed by atoms with Crippen LogP contribution in [0, 0.1) is 5.82 Å². The van der Waals surface area contributed by atoms with E-state index in [4.69, 9.17) is 0 Å². The van der Waals surface area contributed by atoms with Crippen LogP contribution in [-0.4, -0.2) is 22.9 Å². The average molecular weight is 245 g/mol. The fourth-order valence-electron chi connectivity index (χ4n) is 2.68. The van der Waals surface area contributed by atoms with Crippen LogP contribution in [0.25, 0.3) is 0 Å². The Hall–Kier alpha value is -1.68. The predicted octanol–water partition coefficient (Wildman–Crippen LogP) is 1.64. The monoisotopic (exact) mass is 245 g/mol. The van der Waals surface area contributed by atoms with E-state index in [0.29, 0.717) is 0 Å². The lowest BCUT2D eigenvalue weighted by Crippen LogP contribution is -2.58. The number of aryl methyl sites for hydroxylation is 1. The summed E-state index contributed by atoms with van der Waals surface area (Å²) in [6.45, 7) is 1.64. The standard InChI is InChI=1S/C14H16FN3/c1-18-8-11(7-17-18)6-14(9-16-10-14)12-4-2-3-5-13(12)15/h2-5,7-8,16H,6,9-10H2,1H3. The fourth-order valence-corrected chi connectivity index (χ4v) is 2.68. The first-order chi connectivity index (χ1) is 8.70. The van der Waals surface area contributed by atoms with Crippen molar-refractivity contribution >= 4 is 0 Å². The van der Waals surface area contributed by atoms with Crippen molar-refractivity contribution in [1.82, 2.24) is 15.1 Å². The van der Waals surface area contributed by atoms with Gasteiger partial charge in [0.25, 0.3) is 0 Å². The van der Waals surface area contributed by atoms with E-state index in [9.17, 15) is 4.39 Å². The molecule has 94 valence electrons. The molecule has 1 aliphatic heterocycles. The molecular weight excluding hydrogens is 229 g/mol. The van der Waals surface area contributed by atoms with Crippen LogP contribution in [0.5, 0.6) is 0 Å². The first kappa shape index (κ1) is 11.4. The van der Waals surface area contributed by atoms with Crippen molar-refractivity contribution in [3.63, 3.8) is 0 Å². The second-order valence-corrected chi connectivity index (χ2v) is 5.06. The number of halogens is 1. The van der Waals surface area contributed by atoms with Gasteiger partial charge in [-0.25, -0.2) is 4.39 Å². The molecule has 0 unspecified atom stereocenters. The Morgan fingerprint density at radius 2 is 2.17 bits per heavy atom. The minimum atomic E-state index is -0.117. The van der Waals surface area contributed by atoms with Gasteiger partial charge in [0, 0.05) is 31.7 Å². The summed E-state index contributed by atoms with van der Waals surface area (Å²) in [5.41, 5.74) is 1.85. The molecule has 2 heterocycles. The lowest BCUT2D eigenvalue weighted by Gasteiger charge is -2.43. The van der Waals surface area contributed by atoms with Gasteiger partial charge in [0.05, 0.1) is 6.20 Å². The molecule has 1 N–H and O–H groups in total. The Balaban J connectivity index is 1.93. The van der Waals surface area contributed by atoms with Crippen LogP contribution in [0.4, 0.5) is 4.39 Å². The van der Waals surface area contributed by atoms with Crippen molar-refractivity contribution in [3.05, 3.63) is 53.6 Å². The molecule has 0 amide bonds. The molecular formula is C14H16FN3. The Morgan fingerprint density at radius 1 is 1.39 bits per heavy atom. The van der Waals surface area contributed by atoms with Crippen LogP contribution in [-0.2, 0) is 18.9 Å². The van der Waals surface area contributed by atoms with Gasteiger partial charge in [-0.15, -0.1) is 0 Å². The number of nitrogens with one attached hydrogen (secondary N) is 1. The van der Waals surface area contributed by atoms with Crippen LogP contribution in [0.1, 0.15) is 11.1 Å². The predicted molar refractivity (Wildman–Crippen MR) is 67.9 cm³/mol.